The molecule has 18 heavy (non-hydrogen) atoms. The fourth-order valence-corrected chi connectivity index (χ4v) is 3.04. The fraction of sp³-hybridized carbons (Fsp3) is 0.538. The van der Waals surface area contributed by atoms with E-state index in [1.54, 1.807) is 6.07 Å². The predicted molar refractivity (Wildman–Crippen MR) is 70.0 cm³/mol. The zero-order valence-corrected chi connectivity index (χ0v) is 11.1. The standard InChI is InChI=1S/C13H17F2NOS/c1-16-11(12-8-18-6-5-17-12)7-9-3-2-4-10(14)13(9)15/h2-4,11-12,16H,5-8H2,1H3. The Hall–Kier alpha value is -0.650. The maximum absolute atomic E-state index is 13.6. The number of nitrogens with one attached hydrogen (secondary N) is 1. The van der Waals surface area contributed by atoms with Gasteiger partial charge in [0.1, 0.15) is 0 Å². The number of likely N-dealkylation sites (N-methyl/N-ethyl adjacent to an activating group) is 1. The smallest absolute Gasteiger partial charge is 0.162 e. The molecule has 1 aromatic rings. The zero-order valence-electron chi connectivity index (χ0n) is 10.3. The van der Waals surface area contributed by atoms with Crippen LogP contribution in [0.25, 0.3) is 0 Å². The number of rotatable bonds is 4. The van der Waals surface area contributed by atoms with Crippen molar-refractivity contribution in [2.75, 3.05) is 25.2 Å². The monoisotopic (exact) mass is 273 g/mol. The van der Waals surface area contributed by atoms with Crippen LogP contribution in [0.15, 0.2) is 18.2 Å². The largest absolute Gasteiger partial charge is 0.375 e. The minimum atomic E-state index is -0.790. The molecule has 1 fully saturated rings. The second-order valence-corrected chi connectivity index (χ2v) is 5.45. The third-order valence-electron chi connectivity index (χ3n) is 3.13. The molecule has 1 aromatic carbocycles. The maximum Gasteiger partial charge on any atom is 0.162 e. The van der Waals surface area contributed by atoms with E-state index in [9.17, 15) is 8.78 Å². The minimum absolute atomic E-state index is 0.00843. The highest BCUT2D eigenvalue weighted by molar-refractivity contribution is 7.99. The number of thioether (sulfide) groups is 1. The highest BCUT2D eigenvalue weighted by atomic mass is 32.2. The van der Waals surface area contributed by atoms with E-state index in [0.29, 0.717) is 12.0 Å². The van der Waals surface area contributed by atoms with Gasteiger partial charge in [0.15, 0.2) is 11.6 Å². The van der Waals surface area contributed by atoms with Gasteiger partial charge in [-0.25, -0.2) is 8.78 Å². The fourth-order valence-electron chi connectivity index (χ4n) is 2.10. The van der Waals surface area contributed by atoms with Crippen LogP contribution < -0.4 is 5.32 Å². The Balaban J connectivity index is 2.07. The molecule has 2 atom stereocenters. The van der Waals surface area contributed by atoms with E-state index in [1.807, 2.05) is 18.8 Å². The molecule has 1 saturated heterocycles. The molecule has 2 rings (SSSR count). The lowest BCUT2D eigenvalue weighted by Crippen LogP contribution is -2.44. The third-order valence-corrected chi connectivity index (χ3v) is 4.15. The number of hydrogen-bond acceptors (Lipinski definition) is 3. The molecular formula is C13H17F2NOS. The molecular weight excluding hydrogens is 256 g/mol. The number of ether oxygens (including phenoxy) is 1. The first-order chi connectivity index (χ1) is 8.72. The number of benzene rings is 1. The van der Waals surface area contributed by atoms with E-state index in [-0.39, 0.29) is 12.1 Å². The third kappa shape index (κ3) is 3.22. The van der Waals surface area contributed by atoms with Crippen molar-refractivity contribution in [1.82, 2.24) is 5.32 Å². The first-order valence-corrected chi connectivity index (χ1v) is 7.17. The summed E-state index contributed by atoms with van der Waals surface area (Å²) in [5.74, 6) is 0.353. The average molecular weight is 273 g/mol. The van der Waals surface area contributed by atoms with Crippen LogP contribution >= 0.6 is 11.8 Å². The lowest BCUT2D eigenvalue weighted by molar-refractivity contribution is 0.0490. The molecule has 0 saturated carbocycles. The van der Waals surface area contributed by atoms with Crippen molar-refractivity contribution in [1.29, 1.82) is 0 Å². The van der Waals surface area contributed by atoms with Gasteiger partial charge in [0, 0.05) is 17.5 Å². The van der Waals surface area contributed by atoms with Crippen LogP contribution in [0.4, 0.5) is 8.78 Å². The SMILES string of the molecule is CNC(Cc1cccc(F)c1F)C1CSCCO1. The Labute approximate surface area is 110 Å². The lowest BCUT2D eigenvalue weighted by Gasteiger charge is -2.30. The zero-order chi connectivity index (χ0) is 13.0. The topological polar surface area (TPSA) is 21.3 Å². The van der Waals surface area contributed by atoms with Gasteiger partial charge >= 0.3 is 0 Å². The van der Waals surface area contributed by atoms with Crippen molar-refractivity contribution < 1.29 is 13.5 Å². The van der Waals surface area contributed by atoms with Crippen LogP contribution in [-0.4, -0.2) is 37.3 Å². The Bertz CT molecular complexity index is 397. The van der Waals surface area contributed by atoms with Crippen molar-refractivity contribution in [2.45, 2.75) is 18.6 Å². The van der Waals surface area contributed by atoms with Crippen LogP contribution in [0.5, 0.6) is 0 Å². The van der Waals surface area contributed by atoms with Crippen LogP contribution in [0.1, 0.15) is 5.56 Å². The molecule has 5 heteroatoms. The molecule has 0 aliphatic carbocycles. The van der Waals surface area contributed by atoms with Gasteiger partial charge in [0.05, 0.1) is 12.7 Å². The summed E-state index contributed by atoms with van der Waals surface area (Å²) in [6.07, 6.45) is 0.488. The molecule has 0 bridgehead atoms. The minimum Gasteiger partial charge on any atom is -0.375 e. The molecule has 1 N–H and O–H groups in total. The van der Waals surface area contributed by atoms with E-state index in [0.717, 1.165) is 24.2 Å². The van der Waals surface area contributed by atoms with E-state index in [1.165, 1.54) is 6.07 Å². The summed E-state index contributed by atoms with van der Waals surface area (Å²) < 4.78 is 32.4. The number of halogens is 2. The van der Waals surface area contributed by atoms with Crippen LogP contribution in [-0.2, 0) is 11.2 Å². The van der Waals surface area contributed by atoms with Crippen molar-refractivity contribution in [2.24, 2.45) is 0 Å². The summed E-state index contributed by atoms with van der Waals surface area (Å²) in [6, 6.07) is 4.31. The van der Waals surface area contributed by atoms with Gasteiger partial charge in [-0.1, -0.05) is 12.1 Å². The van der Waals surface area contributed by atoms with Gasteiger partial charge in [0.2, 0.25) is 0 Å². The van der Waals surface area contributed by atoms with Crippen LogP contribution in [0.3, 0.4) is 0 Å². The first kappa shape index (κ1) is 13.8. The Kier molecular flexibility index (Phi) is 4.97. The summed E-state index contributed by atoms with van der Waals surface area (Å²) in [6.45, 7) is 0.721. The van der Waals surface area contributed by atoms with Crippen molar-refractivity contribution in [3.8, 4) is 0 Å². The highest BCUT2D eigenvalue weighted by Gasteiger charge is 2.25. The molecule has 100 valence electrons. The molecule has 2 nitrogen and oxygen atoms in total. The van der Waals surface area contributed by atoms with E-state index in [2.05, 4.69) is 5.32 Å². The second kappa shape index (κ2) is 6.50. The lowest BCUT2D eigenvalue weighted by atomic mass is 10.0. The Morgan fingerprint density at radius 3 is 3.00 bits per heavy atom. The number of hydrogen-bond donors (Lipinski definition) is 1. The molecule has 1 aliphatic rings. The highest BCUT2D eigenvalue weighted by Crippen LogP contribution is 2.20. The van der Waals surface area contributed by atoms with Gasteiger partial charge < -0.3 is 10.1 Å². The van der Waals surface area contributed by atoms with Gasteiger partial charge in [0.25, 0.3) is 0 Å². The van der Waals surface area contributed by atoms with E-state index >= 15 is 0 Å². The van der Waals surface area contributed by atoms with Crippen LogP contribution in [0, 0.1) is 11.6 Å². The molecule has 1 aliphatic heterocycles. The average Bonchev–Trinajstić information content (AvgIpc) is 2.41. The van der Waals surface area contributed by atoms with Gasteiger partial charge in [-0.05, 0) is 25.1 Å². The summed E-state index contributed by atoms with van der Waals surface area (Å²) >= 11 is 1.83. The Morgan fingerprint density at radius 2 is 2.33 bits per heavy atom. The predicted octanol–water partition coefficient (Wildman–Crippen LogP) is 2.23. The van der Waals surface area contributed by atoms with Crippen LogP contribution in [0.2, 0.25) is 0 Å². The van der Waals surface area contributed by atoms with E-state index < -0.39 is 11.6 Å². The quantitative estimate of drug-likeness (QED) is 0.909. The van der Waals surface area contributed by atoms with Crippen molar-refractivity contribution in [3.63, 3.8) is 0 Å². The molecule has 0 spiro atoms. The molecule has 2 unspecified atom stereocenters. The normalized spacial score (nSPS) is 21.8. The molecule has 0 amide bonds. The summed E-state index contributed by atoms with van der Waals surface area (Å²) in [5.41, 5.74) is 0.397. The van der Waals surface area contributed by atoms with Crippen molar-refractivity contribution in [3.05, 3.63) is 35.4 Å². The first-order valence-electron chi connectivity index (χ1n) is 6.02. The van der Waals surface area contributed by atoms with Crippen molar-refractivity contribution >= 4 is 11.8 Å². The molecule has 0 radical (unpaired) electrons. The van der Waals surface area contributed by atoms with Gasteiger partial charge in [-0.15, -0.1) is 0 Å². The van der Waals surface area contributed by atoms with Gasteiger partial charge in [-0.3, -0.25) is 0 Å². The molecule has 0 aromatic heterocycles. The second-order valence-electron chi connectivity index (χ2n) is 4.30. The summed E-state index contributed by atoms with van der Waals surface area (Å²) in [5, 5.41) is 3.14. The van der Waals surface area contributed by atoms with Gasteiger partial charge in [-0.2, -0.15) is 11.8 Å². The Morgan fingerprint density at radius 1 is 1.50 bits per heavy atom. The maximum atomic E-state index is 13.6. The van der Waals surface area contributed by atoms with E-state index in [4.69, 9.17) is 4.74 Å². The summed E-state index contributed by atoms with van der Waals surface area (Å²) in [7, 11) is 1.82. The summed E-state index contributed by atoms with van der Waals surface area (Å²) in [4.78, 5) is 0. The molecule has 1 heterocycles.